The molecule has 0 spiro atoms. The minimum Gasteiger partial charge on any atom is -0.418 e. The largest absolute Gasteiger partial charge is 0.673 e. The first-order chi connectivity index (χ1) is 13.1. The van der Waals surface area contributed by atoms with Crippen LogP contribution in [0.4, 0.5) is 39.2 Å². The van der Waals surface area contributed by atoms with E-state index < -0.39 is 42.0 Å². The predicted molar refractivity (Wildman–Crippen MR) is 81.9 cm³/mol. The minimum atomic E-state index is -6.00. The molecule has 3 rings (SSSR count). The highest BCUT2D eigenvalue weighted by Gasteiger charge is 2.39. The summed E-state index contributed by atoms with van der Waals surface area (Å²) < 4.78 is 115. The summed E-state index contributed by atoms with van der Waals surface area (Å²) in [6, 6.07) is -0.198. The molecular formula is C15H15BF9N3O. The topological polar surface area (TPSA) is 30.9 Å². The zero-order valence-electron chi connectivity index (χ0n) is 15.3. The molecule has 14 heteroatoms. The van der Waals surface area contributed by atoms with Crippen molar-refractivity contribution in [2.75, 3.05) is 6.61 Å². The standard InChI is InChI=1S/C15H15F5N3O.BF4/c1-15(2,3)7-4-24-5-8-21-23(6-22(7)8)14-12(19)10(17)9(16)11(18)13(14)20;2-1(3,4)5/h6-7H,4-5H2,1-3H3;/q+1;-1/t7-;/m0./s1. The molecule has 0 radical (unpaired) electrons. The summed E-state index contributed by atoms with van der Waals surface area (Å²) in [7, 11) is -6.00. The first-order valence-corrected chi connectivity index (χ1v) is 8.09. The Bertz CT molecular complexity index is 873. The normalized spacial score (nSPS) is 16.9. The van der Waals surface area contributed by atoms with Crippen molar-refractivity contribution < 1.29 is 48.5 Å². The molecule has 0 bridgehead atoms. The fourth-order valence-electron chi connectivity index (χ4n) is 2.66. The van der Waals surface area contributed by atoms with Gasteiger partial charge in [-0.05, 0) is 5.41 Å². The van der Waals surface area contributed by atoms with Crippen LogP contribution in [0.3, 0.4) is 0 Å². The first kappa shape index (κ1) is 23.0. The zero-order chi connectivity index (χ0) is 22.3. The third-order valence-electron chi connectivity index (χ3n) is 4.01. The van der Waals surface area contributed by atoms with Gasteiger partial charge in [-0.15, -0.1) is 0 Å². The summed E-state index contributed by atoms with van der Waals surface area (Å²) in [5, 5.41) is 3.94. The van der Waals surface area contributed by atoms with E-state index in [1.165, 1.54) is 6.33 Å². The smallest absolute Gasteiger partial charge is 0.418 e. The summed E-state index contributed by atoms with van der Waals surface area (Å²) in [6.45, 7) is 6.26. The van der Waals surface area contributed by atoms with Crippen LogP contribution in [-0.4, -0.2) is 23.6 Å². The molecule has 0 aliphatic carbocycles. The van der Waals surface area contributed by atoms with Crippen molar-refractivity contribution >= 4 is 7.25 Å². The number of hydrogen-bond donors (Lipinski definition) is 0. The molecule has 162 valence electrons. The van der Waals surface area contributed by atoms with Gasteiger partial charge in [0.15, 0.2) is 0 Å². The van der Waals surface area contributed by atoms with E-state index in [0.29, 0.717) is 17.1 Å². The van der Waals surface area contributed by atoms with Gasteiger partial charge < -0.3 is 22.0 Å². The lowest BCUT2D eigenvalue weighted by molar-refractivity contribution is -0.755. The summed E-state index contributed by atoms with van der Waals surface area (Å²) in [6.07, 6.45) is 1.23. The number of nitrogens with zero attached hydrogens (tertiary/aromatic N) is 3. The molecule has 2 heterocycles. The SMILES string of the molecule is CC(C)(C)[C@@H]1COCc2nn(-c3c(F)c(F)c(F)c(F)c3F)c[n+]21.F[B-](F)(F)F. The third kappa shape index (κ3) is 5.03. The summed E-state index contributed by atoms with van der Waals surface area (Å²) in [4.78, 5) is 0. The fourth-order valence-corrected chi connectivity index (χ4v) is 2.66. The molecule has 1 aliphatic heterocycles. The van der Waals surface area contributed by atoms with E-state index in [1.807, 2.05) is 20.8 Å². The highest BCUT2D eigenvalue weighted by Crippen LogP contribution is 2.30. The molecule has 0 fully saturated rings. The maximum absolute atomic E-state index is 14.0. The molecular weight excluding hydrogens is 420 g/mol. The molecule has 1 aromatic carbocycles. The van der Waals surface area contributed by atoms with Crippen LogP contribution in [0.15, 0.2) is 6.33 Å². The van der Waals surface area contributed by atoms with Gasteiger partial charge in [0.1, 0.15) is 12.6 Å². The van der Waals surface area contributed by atoms with Gasteiger partial charge in [0.25, 0.3) is 0 Å². The van der Waals surface area contributed by atoms with Crippen LogP contribution in [-0.2, 0) is 11.3 Å². The van der Waals surface area contributed by atoms with Gasteiger partial charge in [-0.2, -0.15) is 8.78 Å². The van der Waals surface area contributed by atoms with Crippen LogP contribution in [0.1, 0.15) is 32.6 Å². The molecule has 2 aromatic rings. The number of aromatic nitrogens is 3. The molecule has 1 aliphatic rings. The van der Waals surface area contributed by atoms with E-state index in [2.05, 4.69) is 5.10 Å². The monoisotopic (exact) mass is 435 g/mol. The van der Waals surface area contributed by atoms with Crippen molar-refractivity contribution in [3.05, 3.63) is 41.2 Å². The van der Waals surface area contributed by atoms with E-state index in [-0.39, 0.29) is 18.1 Å². The lowest BCUT2D eigenvalue weighted by Crippen LogP contribution is -2.53. The summed E-state index contributed by atoms with van der Waals surface area (Å²) >= 11 is 0. The molecule has 0 saturated carbocycles. The van der Waals surface area contributed by atoms with Gasteiger partial charge in [0.05, 0.1) is 6.61 Å². The number of ether oxygens (including phenoxy) is 1. The average Bonchev–Trinajstić information content (AvgIpc) is 2.99. The number of rotatable bonds is 1. The summed E-state index contributed by atoms with van der Waals surface area (Å²) in [5.41, 5.74) is -1.37. The number of fused-ring (bicyclic) bond motifs is 1. The average molecular weight is 435 g/mol. The number of benzene rings is 1. The van der Waals surface area contributed by atoms with Crippen LogP contribution < -0.4 is 4.57 Å². The number of halogens is 9. The molecule has 0 unspecified atom stereocenters. The fraction of sp³-hybridized carbons (Fsp3) is 0.467. The molecule has 29 heavy (non-hydrogen) atoms. The van der Waals surface area contributed by atoms with Gasteiger partial charge in [-0.1, -0.05) is 25.5 Å². The molecule has 1 atom stereocenters. The van der Waals surface area contributed by atoms with Crippen molar-refractivity contribution in [3.8, 4) is 5.69 Å². The van der Waals surface area contributed by atoms with Gasteiger partial charge in [-0.3, -0.25) is 0 Å². The Hall–Kier alpha value is -2.25. The van der Waals surface area contributed by atoms with Crippen molar-refractivity contribution in [1.29, 1.82) is 0 Å². The quantitative estimate of drug-likeness (QED) is 0.220. The van der Waals surface area contributed by atoms with Crippen LogP contribution in [0.2, 0.25) is 0 Å². The number of hydrogen-bond acceptors (Lipinski definition) is 2. The van der Waals surface area contributed by atoms with Crippen molar-refractivity contribution in [2.24, 2.45) is 5.41 Å². The van der Waals surface area contributed by atoms with Gasteiger partial charge in [0.2, 0.25) is 41.1 Å². The lowest BCUT2D eigenvalue weighted by atomic mass is 9.86. The van der Waals surface area contributed by atoms with Crippen molar-refractivity contribution in [1.82, 2.24) is 9.78 Å². The second-order valence-electron chi connectivity index (χ2n) is 7.19. The second kappa shape index (κ2) is 7.88. The Balaban J connectivity index is 0.000000537. The second-order valence-corrected chi connectivity index (χ2v) is 7.19. The predicted octanol–water partition coefficient (Wildman–Crippen LogP) is 4.27. The van der Waals surface area contributed by atoms with Crippen molar-refractivity contribution in [3.63, 3.8) is 0 Å². The highest BCUT2D eigenvalue weighted by atomic mass is 19.5. The zero-order valence-corrected chi connectivity index (χ0v) is 15.3. The first-order valence-electron chi connectivity index (χ1n) is 8.09. The Morgan fingerprint density at radius 3 is 1.86 bits per heavy atom. The highest BCUT2D eigenvalue weighted by molar-refractivity contribution is 6.50. The van der Waals surface area contributed by atoms with E-state index in [1.54, 1.807) is 4.57 Å². The van der Waals surface area contributed by atoms with E-state index >= 15 is 0 Å². The van der Waals surface area contributed by atoms with Gasteiger partial charge in [0, 0.05) is 5.10 Å². The van der Waals surface area contributed by atoms with Gasteiger partial charge >= 0.3 is 13.1 Å². The van der Waals surface area contributed by atoms with Crippen LogP contribution >= 0.6 is 0 Å². The molecule has 0 saturated heterocycles. The van der Waals surface area contributed by atoms with Crippen LogP contribution in [0.25, 0.3) is 5.69 Å². The minimum absolute atomic E-state index is 0.0784. The van der Waals surface area contributed by atoms with Crippen molar-refractivity contribution in [2.45, 2.75) is 33.4 Å². The van der Waals surface area contributed by atoms with Gasteiger partial charge in [-0.25, -0.2) is 17.7 Å². The Morgan fingerprint density at radius 2 is 1.41 bits per heavy atom. The van der Waals surface area contributed by atoms with E-state index in [0.717, 1.165) is 0 Å². The molecule has 0 N–H and O–H groups in total. The van der Waals surface area contributed by atoms with Crippen LogP contribution in [0.5, 0.6) is 0 Å². The molecule has 4 nitrogen and oxygen atoms in total. The molecule has 0 amide bonds. The molecule has 1 aromatic heterocycles. The lowest BCUT2D eigenvalue weighted by Gasteiger charge is -2.31. The maximum Gasteiger partial charge on any atom is 0.673 e. The summed E-state index contributed by atoms with van der Waals surface area (Å²) in [5.74, 6) is -9.74. The third-order valence-corrected chi connectivity index (χ3v) is 4.01. The van der Waals surface area contributed by atoms with E-state index in [9.17, 15) is 39.2 Å². The van der Waals surface area contributed by atoms with E-state index in [4.69, 9.17) is 4.74 Å². The van der Waals surface area contributed by atoms with Crippen LogP contribution in [0, 0.1) is 34.5 Å². The Labute approximate surface area is 159 Å². The maximum atomic E-state index is 14.0. The Morgan fingerprint density at radius 1 is 0.966 bits per heavy atom. The Kier molecular flexibility index (Phi) is 6.26.